The second-order valence-corrected chi connectivity index (χ2v) is 7.32. The molecule has 0 spiro atoms. The first-order chi connectivity index (χ1) is 12.2. The van der Waals surface area contributed by atoms with E-state index in [1.54, 1.807) is 22.8 Å². The second-order valence-electron chi connectivity index (χ2n) is 7.32. The Balaban J connectivity index is 1.59. The number of carbonyl (C=O) groups excluding carboxylic acids is 2. The van der Waals surface area contributed by atoms with Gasteiger partial charge in [-0.1, -0.05) is 23.4 Å². The van der Waals surface area contributed by atoms with E-state index < -0.39 is 5.60 Å². The highest BCUT2D eigenvalue weighted by Gasteiger charge is 2.35. The Kier molecular flexibility index (Phi) is 4.67. The lowest BCUT2D eigenvalue weighted by molar-refractivity contribution is -0.000629. The van der Waals surface area contributed by atoms with Crippen LogP contribution in [-0.2, 0) is 4.74 Å². The molecule has 8 heteroatoms. The van der Waals surface area contributed by atoms with Gasteiger partial charge < -0.3 is 14.5 Å². The van der Waals surface area contributed by atoms with Crippen molar-refractivity contribution in [2.24, 2.45) is 0 Å². The Morgan fingerprint density at radius 1 is 1.19 bits per heavy atom. The molecule has 1 aliphatic heterocycles. The minimum atomic E-state index is -0.517. The predicted molar refractivity (Wildman–Crippen MR) is 96.0 cm³/mol. The maximum Gasteiger partial charge on any atom is 0.410 e. The molecule has 2 heterocycles. The van der Waals surface area contributed by atoms with Crippen LogP contribution in [-0.4, -0.2) is 57.6 Å². The summed E-state index contributed by atoms with van der Waals surface area (Å²) in [5.41, 5.74) is 0.538. The van der Waals surface area contributed by atoms with Crippen molar-refractivity contribution in [2.45, 2.75) is 32.4 Å². The van der Waals surface area contributed by atoms with Crippen LogP contribution in [0.3, 0.4) is 0 Å². The van der Waals surface area contributed by atoms with E-state index in [-0.39, 0.29) is 23.7 Å². The van der Waals surface area contributed by atoms with Gasteiger partial charge in [-0.2, -0.15) is 0 Å². The van der Waals surface area contributed by atoms with Crippen LogP contribution in [0.2, 0.25) is 0 Å². The van der Waals surface area contributed by atoms with Gasteiger partial charge in [0.1, 0.15) is 5.60 Å². The lowest BCUT2D eigenvalue weighted by Crippen LogP contribution is -2.52. The van der Waals surface area contributed by atoms with Gasteiger partial charge in [0.15, 0.2) is 5.69 Å². The molecule has 1 aromatic heterocycles. The fourth-order valence-corrected chi connectivity index (χ4v) is 2.59. The van der Waals surface area contributed by atoms with E-state index in [1.807, 2.05) is 51.1 Å². The van der Waals surface area contributed by atoms with Gasteiger partial charge in [0.2, 0.25) is 0 Å². The molecule has 0 unspecified atom stereocenters. The summed E-state index contributed by atoms with van der Waals surface area (Å²) in [6, 6.07) is 9.34. The number of aromatic nitrogens is 3. The number of likely N-dealkylation sites (tertiary alicyclic amines) is 1. The second kappa shape index (κ2) is 6.78. The summed E-state index contributed by atoms with van der Waals surface area (Å²) in [5, 5.41) is 8.03. The van der Waals surface area contributed by atoms with Crippen molar-refractivity contribution < 1.29 is 14.3 Å². The number of amides is 2. The molecule has 1 aliphatic rings. The van der Waals surface area contributed by atoms with Crippen LogP contribution in [0.4, 0.5) is 10.5 Å². The third-order valence-corrected chi connectivity index (χ3v) is 4.07. The van der Waals surface area contributed by atoms with Crippen molar-refractivity contribution >= 4 is 17.7 Å². The van der Waals surface area contributed by atoms with E-state index in [0.29, 0.717) is 13.1 Å². The van der Waals surface area contributed by atoms with Gasteiger partial charge in [-0.15, -0.1) is 5.10 Å². The van der Waals surface area contributed by atoms with Crippen molar-refractivity contribution in [3.8, 4) is 0 Å². The van der Waals surface area contributed by atoms with Crippen molar-refractivity contribution in [1.82, 2.24) is 19.9 Å². The first-order valence-corrected chi connectivity index (χ1v) is 8.47. The van der Waals surface area contributed by atoms with Gasteiger partial charge in [-0.25, -0.2) is 9.48 Å². The summed E-state index contributed by atoms with van der Waals surface area (Å²) < 4.78 is 6.96. The molecule has 3 rings (SSSR count). The zero-order valence-electron chi connectivity index (χ0n) is 15.4. The summed E-state index contributed by atoms with van der Waals surface area (Å²) in [4.78, 5) is 27.7. The highest BCUT2D eigenvalue weighted by Crippen LogP contribution is 2.23. The molecule has 1 aromatic carbocycles. The number of hydrogen-bond acceptors (Lipinski definition) is 5. The molecule has 0 N–H and O–H groups in total. The number of ether oxygens (including phenoxy) is 1. The van der Waals surface area contributed by atoms with E-state index in [1.165, 1.54) is 4.90 Å². The van der Waals surface area contributed by atoms with Gasteiger partial charge in [0, 0.05) is 25.8 Å². The zero-order valence-corrected chi connectivity index (χ0v) is 15.4. The van der Waals surface area contributed by atoms with Gasteiger partial charge in [-0.3, -0.25) is 4.79 Å². The molecule has 0 bridgehead atoms. The quantitative estimate of drug-likeness (QED) is 0.842. The molecule has 0 radical (unpaired) electrons. The predicted octanol–water partition coefficient (Wildman–Crippen LogP) is 2.35. The number of nitrogens with zero attached hydrogens (tertiary/aromatic N) is 5. The van der Waals surface area contributed by atoms with E-state index in [9.17, 15) is 9.59 Å². The molecule has 1 saturated heterocycles. The van der Waals surface area contributed by atoms with Gasteiger partial charge in [0.05, 0.1) is 12.2 Å². The number of para-hydroxylation sites is 1. The molecule has 0 atom stereocenters. The Morgan fingerprint density at radius 2 is 1.85 bits per heavy atom. The monoisotopic (exact) mass is 357 g/mol. The van der Waals surface area contributed by atoms with Crippen molar-refractivity contribution in [3.63, 3.8) is 0 Å². The number of anilines is 1. The van der Waals surface area contributed by atoms with Crippen LogP contribution in [0, 0.1) is 0 Å². The highest BCUT2D eigenvalue weighted by molar-refractivity contribution is 6.04. The SMILES string of the molecule is CN(C(=O)c1cn(C2CN(C(=O)OC(C)(C)C)C2)nn1)c1ccccc1. The molecule has 2 aromatic rings. The van der Waals surface area contributed by atoms with Gasteiger partial charge in [0.25, 0.3) is 5.91 Å². The molecule has 1 fully saturated rings. The van der Waals surface area contributed by atoms with Crippen molar-refractivity contribution in [3.05, 3.63) is 42.2 Å². The zero-order chi connectivity index (χ0) is 18.9. The fourth-order valence-electron chi connectivity index (χ4n) is 2.59. The first-order valence-electron chi connectivity index (χ1n) is 8.47. The van der Waals surface area contributed by atoms with Crippen LogP contribution < -0.4 is 4.90 Å². The Hall–Kier alpha value is -2.90. The molecule has 26 heavy (non-hydrogen) atoms. The lowest BCUT2D eigenvalue weighted by Gasteiger charge is -2.39. The summed E-state index contributed by atoms with van der Waals surface area (Å²) in [6.45, 7) is 6.48. The van der Waals surface area contributed by atoms with Crippen molar-refractivity contribution in [2.75, 3.05) is 25.0 Å². The minimum absolute atomic E-state index is 0.00130. The average molecular weight is 357 g/mol. The molecule has 0 saturated carbocycles. The maximum atomic E-state index is 12.5. The molecule has 8 nitrogen and oxygen atoms in total. The van der Waals surface area contributed by atoms with Crippen LogP contribution >= 0.6 is 0 Å². The normalized spacial score (nSPS) is 14.7. The van der Waals surface area contributed by atoms with Crippen LogP contribution in [0.25, 0.3) is 0 Å². The Bertz CT molecular complexity index is 791. The molecule has 2 amide bonds. The standard InChI is InChI=1S/C18H23N5O3/c1-18(2,3)26-17(25)22-10-14(11-22)23-12-15(19-20-23)16(24)21(4)13-8-6-5-7-9-13/h5-9,12,14H,10-11H2,1-4H3. The smallest absolute Gasteiger partial charge is 0.410 e. The Labute approximate surface area is 152 Å². The molecule has 138 valence electrons. The van der Waals surface area contributed by atoms with Gasteiger partial charge in [-0.05, 0) is 32.9 Å². The largest absolute Gasteiger partial charge is 0.444 e. The first kappa shape index (κ1) is 17.9. The number of hydrogen-bond donors (Lipinski definition) is 0. The summed E-state index contributed by atoms with van der Waals surface area (Å²) >= 11 is 0. The lowest BCUT2D eigenvalue weighted by atomic mass is 10.1. The van der Waals surface area contributed by atoms with Crippen LogP contribution in [0.5, 0.6) is 0 Å². The van der Waals surface area contributed by atoms with Crippen LogP contribution in [0.1, 0.15) is 37.3 Å². The fraction of sp³-hybridized carbons (Fsp3) is 0.444. The molecular weight excluding hydrogens is 334 g/mol. The van der Waals surface area contributed by atoms with Crippen molar-refractivity contribution in [1.29, 1.82) is 0 Å². The summed E-state index contributed by atoms with van der Waals surface area (Å²) in [5.74, 6) is -0.231. The van der Waals surface area contributed by atoms with E-state index in [4.69, 9.17) is 4.74 Å². The van der Waals surface area contributed by atoms with E-state index >= 15 is 0 Å². The summed E-state index contributed by atoms with van der Waals surface area (Å²) in [6.07, 6.45) is 1.28. The molecular formula is C18H23N5O3. The number of rotatable bonds is 3. The topological polar surface area (TPSA) is 80.6 Å². The number of benzene rings is 1. The van der Waals surface area contributed by atoms with E-state index in [2.05, 4.69) is 10.3 Å². The third kappa shape index (κ3) is 3.84. The minimum Gasteiger partial charge on any atom is -0.444 e. The third-order valence-electron chi connectivity index (χ3n) is 4.07. The van der Waals surface area contributed by atoms with Gasteiger partial charge >= 0.3 is 6.09 Å². The molecule has 0 aliphatic carbocycles. The highest BCUT2D eigenvalue weighted by atomic mass is 16.6. The Morgan fingerprint density at radius 3 is 2.46 bits per heavy atom. The number of carbonyl (C=O) groups is 2. The maximum absolute atomic E-state index is 12.5. The average Bonchev–Trinajstić information content (AvgIpc) is 3.00. The summed E-state index contributed by atoms with van der Waals surface area (Å²) in [7, 11) is 1.70. The van der Waals surface area contributed by atoms with Crippen LogP contribution in [0.15, 0.2) is 36.5 Å². The van der Waals surface area contributed by atoms with E-state index in [0.717, 1.165) is 5.69 Å².